The summed E-state index contributed by atoms with van der Waals surface area (Å²) in [7, 11) is 1.72. The molecule has 0 aliphatic rings. The second-order valence-corrected chi connectivity index (χ2v) is 6.06. The summed E-state index contributed by atoms with van der Waals surface area (Å²) >= 11 is 0. The number of alkyl halides is 3. The summed E-state index contributed by atoms with van der Waals surface area (Å²) < 4.78 is 40.6. The Morgan fingerprint density at radius 3 is 2.65 bits per heavy atom. The predicted octanol–water partition coefficient (Wildman–Crippen LogP) is 4.20. The van der Waals surface area contributed by atoms with Gasteiger partial charge in [0.1, 0.15) is 6.54 Å². The molecule has 0 unspecified atom stereocenters. The third-order valence-electron chi connectivity index (χ3n) is 4.35. The first-order valence-corrected chi connectivity index (χ1v) is 8.16. The van der Waals surface area contributed by atoms with Crippen LogP contribution in [0.2, 0.25) is 0 Å². The Labute approximate surface area is 148 Å². The average molecular weight is 361 g/mol. The van der Waals surface area contributed by atoms with Gasteiger partial charge in [-0.1, -0.05) is 12.1 Å². The molecule has 0 bridgehead atoms. The van der Waals surface area contributed by atoms with Gasteiger partial charge in [-0.15, -0.1) is 0 Å². The molecule has 2 heterocycles. The quantitative estimate of drug-likeness (QED) is 0.699. The smallest absolute Gasteiger partial charge is 0.344 e. The van der Waals surface area contributed by atoms with Gasteiger partial charge in [0, 0.05) is 31.5 Å². The highest BCUT2D eigenvalue weighted by Gasteiger charge is 2.30. The molecule has 0 N–H and O–H groups in total. The van der Waals surface area contributed by atoms with E-state index in [-0.39, 0.29) is 12.5 Å². The number of benzene rings is 1. The standard InChI is InChI=1S/C19H18F3N3O/c1-3-24(2)18(26)12-25-8-7-16-17(25)10-14(11-23-16)13-5-4-6-15(9-13)19(20,21)22/h4-11H,3,12H2,1-2H3. The number of nitrogens with zero attached hydrogens (tertiary/aromatic N) is 3. The maximum absolute atomic E-state index is 12.9. The van der Waals surface area contributed by atoms with Crippen molar-refractivity contribution in [3.05, 3.63) is 54.4 Å². The van der Waals surface area contributed by atoms with Crippen LogP contribution in [-0.2, 0) is 17.5 Å². The van der Waals surface area contributed by atoms with E-state index in [1.807, 2.05) is 6.92 Å². The second kappa shape index (κ2) is 6.82. The summed E-state index contributed by atoms with van der Waals surface area (Å²) in [5.41, 5.74) is 1.69. The van der Waals surface area contributed by atoms with E-state index >= 15 is 0 Å². The maximum Gasteiger partial charge on any atom is 0.416 e. The Hall–Kier alpha value is -2.83. The van der Waals surface area contributed by atoms with E-state index in [2.05, 4.69) is 4.98 Å². The number of carbonyl (C=O) groups excluding carboxylic acids is 1. The molecule has 0 saturated carbocycles. The largest absolute Gasteiger partial charge is 0.416 e. The van der Waals surface area contributed by atoms with E-state index in [4.69, 9.17) is 0 Å². The zero-order valence-electron chi connectivity index (χ0n) is 14.4. The van der Waals surface area contributed by atoms with Gasteiger partial charge in [-0.2, -0.15) is 13.2 Å². The highest BCUT2D eigenvalue weighted by atomic mass is 19.4. The third kappa shape index (κ3) is 3.56. The first-order valence-electron chi connectivity index (χ1n) is 8.16. The number of likely N-dealkylation sites (N-methyl/N-ethyl adjacent to an activating group) is 1. The van der Waals surface area contributed by atoms with E-state index in [0.717, 1.165) is 12.1 Å². The molecule has 0 saturated heterocycles. The fourth-order valence-electron chi connectivity index (χ4n) is 2.68. The lowest BCUT2D eigenvalue weighted by Crippen LogP contribution is -2.29. The molecular weight excluding hydrogens is 343 g/mol. The van der Waals surface area contributed by atoms with Gasteiger partial charge in [0.05, 0.1) is 16.6 Å². The first-order chi connectivity index (χ1) is 12.3. The number of pyridine rings is 1. The van der Waals surface area contributed by atoms with Crippen LogP contribution in [0, 0.1) is 0 Å². The number of fused-ring (bicyclic) bond motifs is 1. The third-order valence-corrected chi connectivity index (χ3v) is 4.35. The molecule has 136 valence electrons. The van der Waals surface area contributed by atoms with Crippen molar-refractivity contribution in [1.29, 1.82) is 0 Å². The molecule has 7 heteroatoms. The zero-order chi connectivity index (χ0) is 18.9. The highest BCUT2D eigenvalue weighted by Crippen LogP contribution is 2.32. The SMILES string of the molecule is CCN(C)C(=O)Cn1ccc2ncc(-c3cccc(C(F)(F)F)c3)cc21. The number of halogens is 3. The Balaban J connectivity index is 1.99. The topological polar surface area (TPSA) is 38.1 Å². The minimum absolute atomic E-state index is 0.0468. The van der Waals surface area contributed by atoms with Gasteiger partial charge in [-0.25, -0.2) is 0 Å². The van der Waals surface area contributed by atoms with E-state index < -0.39 is 11.7 Å². The van der Waals surface area contributed by atoms with E-state index in [1.54, 1.807) is 47.1 Å². The predicted molar refractivity (Wildman–Crippen MR) is 93.5 cm³/mol. The van der Waals surface area contributed by atoms with Crippen LogP contribution in [0.3, 0.4) is 0 Å². The molecule has 3 rings (SSSR count). The molecule has 3 aromatic rings. The lowest BCUT2D eigenvalue weighted by molar-refractivity contribution is -0.137. The fraction of sp³-hybridized carbons (Fsp3) is 0.263. The van der Waals surface area contributed by atoms with Gasteiger partial charge < -0.3 is 9.47 Å². The van der Waals surface area contributed by atoms with Gasteiger partial charge in [0.15, 0.2) is 0 Å². The summed E-state index contributed by atoms with van der Waals surface area (Å²) in [5.74, 6) is -0.0468. The van der Waals surface area contributed by atoms with Crippen molar-refractivity contribution in [1.82, 2.24) is 14.5 Å². The van der Waals surface area contributed by atoms with Gasteiger partial charge in [0.25, 0.3) is 0 Å². The highest BCUT2D eigenvalue weighted by molar-refractivity contribution is 5.84. The van der Waals surface area contributed by atoms with Crippen LogP contribution >= 0.6 is 0 Å². The van der Waals surface area contributed by atoms with Crippen LogP contribution < -0.4 is 0 Å². The Morgan fingerprint density at radius 1 is 1.19 bits per heavy atom. The van der Waals surface area contributed by atoms with Gasteiger partial charge in [-0.3, -0.25) is 9.78 Å². The number of carbonyl (C=O) groups is 1. The molecule has 2 aromatic heterocycles. The summed E-state index contributed by atoms with van der Waals surface area (Å²) in [5, 5.41) is 0. The van der Waals surface area contributed by atoms with E-state index in [0.29, 0.717) is 28.7 Å². The molecule has 0 aliphatic heterocycles. The van der Waals surface area contributed by atoms with Crippen molar-refractivity contribution in [3.8, 4) is 11.1 Å². The molecule has 1 aromatic carbocycles. The van der Waals surface area contributed by atoms with Crippen molar-refractivity contribution >= 4 is 16.9 Å². The Bertz CT molecular complexity index is 947. The van der Waals surface area contributed by atoms with Gasteiger partial charge in [-0.05, 0) is 36.8 Å². The number of hydrogen-bond acceptors (Lipinski definition) is 2. The van der Waals surface area contributed by atoms with Crippen molar-refractivity contribution in [2.75, 3.05) is 13.6 Å². The lowest BCUT2D eigenvalue weighted by atomic mass is 10.0. The van der Waals surface area contributed by atoms with Crippen LogP contribution in [0.4, 0.5) is 13.2 Å². The van der Waals surface area contributed by atoms with Crippen LogP contribution in [0.15, 0.2) is 48.8 Å². The molecule has 26 heavy (non-hydrogen) atoms. The fourth-order valence-corrected chi connectivity index (χ4v) is 2.68. The summed E-state index contributed by atoms with van der Waals surface area (Å²) in [4.78, 5) is 18.1. The minimum Gasteiger partial charge on any atom is -0.344 e. The average Bonchev–Trinajstić information content (AvgIpc) is 3.02. The summed E-state index contributed by atoms with van der Waals surface area (Å²) in [6.45, 7) is 2.65. The van der Waals surface area contributed by atoms with Crippen LogP contribution in [0.1, 0.15) is 12.5 Å². The number of amides is 1. The van der Waals surface area contributed by atoms with Crippen LogP contribution in [0.25, 0.3) is 22.2 Å². The second-order valence-electron chi connectivity index (χ2n) is 6.06. The molecule has 0 aliphatic carbocycles. The van der Waals surface area contributed by atoms with Crippen LogP contribution in [0.5, 0.6) is 0 Å². The van der Waals surface area contributed by atoms with E-state index in [9.17, 15) is 18.0 Å². The van der Waals surface area contributed by atoms with Crippen molar-refractivity contribution in [2.24, 2.45) is 0 Å². The lowest BCUT2D eigenvalue weighted by Gasteiger charge is -2.15. The molecular formula is C19H18F3N3O. The molecule has 0 spiro atoms. The van der Waals surface area contributed by atoms with E-state index in [1.165, 1.54) is 6.07 Å². The molecule has 0 fully saturated rings. The monoisotopic (exact) mass is 361 g/mol. The van der Waals surface area contributed by atoms with Gasteiger partial charge >= 0.3 is 6.18 Å². The van der Waals surface area contributed by atoms with Gasteiger partial charge in [0.2, 0.25) is 5.91 Å². The maximum atomic E-state index is 12.9. The molecule has 0 atom stereocenters. The normalized spacial score (nSPS) is 11.7. The minimum atomic E-state index is -4.40. The van der Waals surface area contributed by atoms with Crippen molar-refractivity contribution in [3.63, 3.8) is 0 Å². The Morgan fingerprint density at radius 2 is 1.96 bits per heavy atom. The van der Waals surface area contributed by atoms with Crippen molar-refractivity contribution in [2.45, 2.75) is 19.6 Å². The number of aromatic nitrogens is 2. The molecule has 1 amide bonds. The summed E-state index contributed by atoms with van der Waals surface area (Å²) in [6, 6.07) is 8.67. The summed E-state index contributed by atoms with van der Waals surface area (Å²) in [6.07, 6.45) is -1.10. The number of hydrogen-bond donors (Lipinski definition) is 0. The molecule has 0 radical (unpaired) electrons. The zero-order valence-corrected chi connectivity index (χ0v) is 14.4. The Kier molecular flexibility index (Phi) is 4.71. The van der Waals surface area contributed by atoms with Crippen molar-refractivity contribution < 1.29 is 18.0 Å². The molecule has 4 nitrogen and oxygen atoms in total. The van der Waals surface area contributed by atoms with Crippen LogP contribution in [-0.4, -0.2) is 34.0 Å². The number of rotatable bonds is 4. The first kappa shape index (κ1) is 18.0.